The Morgan fingerprint density at radius 1 is 0.857 bits per heavy atom. The van der Waals surface area contributed by atoms with Gasteiger partial charge in [0.1, 0.15) is 12.1 Å². The van der Waals surface area contributed by atoms with E-state index in [2.05, 4.69) is 27.8 Å². The predicted molar refractivity (Wildman–Crippen MR) is 133 cm³/mol. The highest BCUT2D eigenvalue weighted by Crippen LogP contribution is 2.08. The number of hydrogen-bond donors (Lipinski definition) is 5. The lowest BCUT2D eigenvalue weighted by Crippen LogP contribution is -2.55. The van der Waals surface area contributed by atoms with Gasteiger partial charge in [-0.3, -0.25) is 24.0 Å². The van der Waals surface area contributed by atoms with Crippen molar-refractivity contribution in [3.05, 3.63) is 48.0 Å². The number of nitrogens with one attached hydrogen (secondary N) is 4. The summed E-state index contributed by atoms with van der Waals surface area (Å²) in [6.07, 6.45) is 0.354. The van der Waals surface area contributed by atoms with Crippen LogP contribution in [0.1, 0.15) is 45.6 Å². The third-order valence-corrected chi connectivity index (χ3v) is 4.88. The summed E-state index contributed by atoms with van der Waals surface area (Å²) >= 11 is 0. The number of amides is 5. The molecule has 0 fully saturated rings. The molecule has 0 aliphatic carbocycles. The molecule has 1 aromatic carbocycles. The fourth-order valence-corrected chi connectivity index (χ4v) is 3.14. The van der Waals surface area contributed by atoms with Crippen LogP contribution in [-0.4, -0.2) is 54.7 Å². The smallest absolute Gasteiger partial charge is 0.243 e. The van der Waals surface area contributed by atoms with Crippen LogP contribution in [0.25, 0.3) is 0 Å². The summed E-state index contributed by atoms with van der Waals surface area (Å²) in [5.41, 5.74) is 6.65. The Balaban J connectivity index is 2.85. The molecule has 6 N–H and O–H groups in total. The lowest BCUT2D eigenvalue weighted by atomic mass is 10.0. The van der Waals surface area contributed by atoms with Crippen LogP contribution in [0.4, 0.5) is 0 Å². The van der Waals surface area contributed by atoms with Crippen LogP contribution in [0.2, 0.25) is 0 Å². The van der Waals surface area contributed by atoms with Crippen molar-refractivity contribution >= 4 is 29.5 Å². The van der Waals surface area contributed by atoms with Gasteiger partial charge in [-0.2, -0.15) is 0 Å². The Labute approximate surface area is 206 Å². The first-order valence-corrected chi connectivity index (χ1v) is 11.6. The van der Waals surface area contributed by atoms with Crippen molar-refractivity contribution in [2.45, 2.75) is 58.5 Å². The lowest BCUT2D eigenvalue weighted by molar-refractivity contribution is -0.132. The molecule has 1 rings (SSSR count). The molecule has 0 heterocycles. The Morgan fingerprint density at radius 2 is 1.51 bits per heavy atom. The molecule has 0 aliphatic rings. The molecule has 5 amide bonds. The van der Waals surface area contributed by atoms with Crippen molar-refractivity contribution in [1.29, 1.82) is 0 Å². The molecule has 2 unspecified atom stereocenters. The molecule has 2 atom stereocenters. The van der Waals surface area contributed by atoms with Gasteiger partial charge in [0.25, 0.3) is 0 Å². The van der Waals surface area contributed by atoms with Gasteiger partial charge in [-0.15, -0.1) is 0 Å². The van der Waals surface area contributed by atoms with E-state index in [0.29, 0.717) is 6.42 Å². The average Bonchev–Trinajstić information content (AvgIpc) is 2.79. The van der Waals surface area contributed by atoms with Gasteiger partial charge in [-0.1, -0.05) is 56.3 Å². The van der Waals surface area contributed by atoms with Crippen molar-refractivity contribution in [2.75, 3.05) is 13.1 Å². The molecule has 0 aliphatic heterocycles. The monoisotopic (exact) mass is 487 g/mol. The van der Waals surface area contributed by atoms with Gasteiger partial charge in [0.2, 0.25) is 29.5 Å². The molecule has 10 nitrogen and oxygen atoms in total. The lowest BCUT2D eigenvalue weighted by Gasteiger charge is -2.24. The molecule has 192 valence electrons. The summed E-state index contributed by atoms with van der Waals surface area (Å²) in [5.74, 6) is -2.47. The topological polar surface area (TPSA) is 159 Å². The SMILES string of the molecule is C=C(C)CNC(=O)C(Cc1ccccc1)NC(=O)C(CC(C)C)NC(=O)CNC(=O)CCC(N)=O. The molecule has 1 aromatic rings. The highest BCUT2D eigenvalue weighted by Gasteiger charge is 2.27. The number of primary amides is 1. The highest BCUT2D eigenvalue weighted by molar-refractivity contribution is 5.93. The summed E-state index contributed by atoms with van der Waals surface area (Å²) in [4.78, 5) is 60.8. The van der Waals surface area contributed by atoms with Gasteiger partial charge in [-0.25, -0.2) is 0 Å². The van der Waals surface area contributed by atoms with Crippen molar-refractivity contribution in [3.63, 3.8) is 0 Å². The standard InChI is InChI=1S/C25H37N5O5/c1-16(2)12-19(29-23(33)15-27-22(32)11-10-21(26)31)25(35)30-20(24(34)28-14-17(3)4)13-18-8-6-5-7-9-18/h5-9,16,19-20H,3,10-15H2,1-2,4H3,(H2,26,31)(H,27,32)(H,28,34)(H,29,33)(H,30,35). The fraction of sp³-hybridized carbons (Fsp3) is 0.480. The van der Waals surface area contributed by atoms with Gasteiger partial charge < -0.3 is 27.0 Å². The molecule has 0 radical (unpaired) electrons. The summed E-state index contributed by atoms with van der Waals surface area (Å²) in [6, 6.07) is 7.51. The zero-order valence-corrected chi connectivity index (χ0v) is 20.7. The van der Waals surface area contributed by atoms with Crippen LogP contribution in [-0.2, 0) is 30.4 Å². The molecule has 0 bridgehead atoms. The normalized spacial score (nSPS) is 12.2. The molecule has 0 aromatic heterocycles. The maximum Gasteiger partial charge on any atom is 0.243 e. The van der Waals surface area contributed by atoms with Crippen LogP contribution in [0.15, 0.2) is 42.5 Å². The summed E-state index contributed by atoms with van der Waals surface area (Å²) < 4.78 is 0. The number of carbonyl (C=O) groups is 5. The fourth-order valence-electron chi connectivity index (χ4n) is 3.14. The second kappa shape index (κ2) is 15.3. The van der Waals surface area contributed by atoms with Crippen molar-refractivity contribution in [1.82, 2.24) is 21.3 Å². The average molecular weight is 488 g/mol. The van der Waals surface area contributed by atoms with Crippen LogP contribution >= 0.6 is 0 Å². The molecular weight excluding hydrogens is 450 g/mol. The van der Waals surface area contributed by atoms with Crippen LogP contribution in [0, 0.1) is 5.92 Å². The summed E-state index contributed by atoms with van der Waals surface area (Å²) in [5, 5.41) is 10.5. The van der Waals surface area contributed by atoms with Crippen LogP contribution in [0.5, 0.6) is 0 Å². The molecule has 10 heteroatoms. The van der Waals surface area contributed by atoms with Gasteiger partial charge in [-0.05, 0) is 24.8 Å². The van der Waals surface area contributed by atoms with Gasteiger partial charge in [0.15, 0.2) is 0 Å². The van der Waals surface area contributed by atoms with Crippen molar-refractivity contribution < 1.29 is 24.0 Å². The van der Waals surface area contributed by atoms with Crippen LogP contribution < -0.4 is 27.0 Å². The summed E-state index contributed by atoms with van der Waals surface area (Å²) in [6.45, 7) is 9.28. The highest BCUT2D eigenvalue weighted by atomic mass is 16.2. The zero-order valence-electron chi connectivity index (χ0n) is 20.7. The number of rotatable bonds is 15. The van der Waals surface area contributed by atoms with Crippen molar-refractivity contribution in [3.8, 4) is 0 Å². The molecular formula is C25H37N5O5. The van der Waals surface area contributed by atoms with E-state index in [9.17, 15) is 24.0 Å². The minimum absolute atomic E-state index is 0.0704. The first-order valence-electron chi connectivity index (χ1n) is 11.6. The molecule has 0 saturated heterocycles. The first-order chi connectivity index (χ1) is 16.5. The van der Waals surface area contributed by atoms with E-state index in [1.807, 2.05) is 44.2 Å². The third-order valence-electron chi connectivity index (χ3n) is 4.88. The van der Waals surface area contributed by atoms with E-state index in [1.54, 1.807) is 6.92 Å². The number of carbonyl (C=O) groups excluding carboxylic acids is 5. The first kappa shape index (κ1) is 29.3. The number of hydrogen-bond acceptors (Lipinski definition) is 5. The van der Waals surface area contributed by atoms with E-state index in [1.165, 1.54) is 0 Å². The van der Waals surface area contributed by atoms with E-state index in [0.717, 1.165) is 11.1 Å². The maximum absolute atomic E-state index is 13.1. The second-order valence-electron chi connectivity index (χ2n) is 8.92. The van der Waals surface area contributed by atoms with E-state index < -0.39 is 35.7 Å². The quantitative estimate of drug-likeness (QED) is 0.225. The Kier molecular flexibility index (Phi) is 12.8. The molecule has 0 spiro atoms. The van der Waals surface area contributed by atoms with E-state index >= 15 is 0 Å². The molecule has 0 saturated carbocycles. The largest absolute Gasteiger partial charge is 0.370 e. The summed E-state index contributed by atoms with van der Waals surface area (Å²) in [7, 11) is 0. The third kappa shape index (κ3) is 13.0. The van der Waals surface area contributed by atoms with Gasteiger partial charge in [0.05, 0.1) is 6.54 Å². The Hall–Kier alpha value is -3.69. The number of benzene rings is 1. The minimum atomic E-state index is -0.905. The minimum Gasteiger partial charge on any atom is -0.370 e. The molecule has 35 heavy (non-hydrogen) atoms. The maximum atomic E-state index is 13.1. The number of nitrogens with two attached hydrogens (primary N) is 1. The van der Waals surface area contributed by atoms with Gasteiger partial charge in [0, 0.05) is 25.8 Å². The Morgan fingerprint density at radius 3 is 2.09 bits per heavy atom. The Bertz CT molecular complexity index is 901. The van der Waals surface area contributed by atoms with E-state index in [-0.39, 0.29) is 44.2 Å². The van der Waals surface area contributed by atoms with Gasteiger partial charge >= 0.3 is 0 Å². The van der Waals surface area contributed by atoms with E-state index in [4.69, 9.17) is 5.73 Å². The zero-order chi connectivity index (χ0) is 26.4. The predicted octanol–water partition coefficient (Wildman–Crippen LogP) is 0.319. The van der Waals surface area contributed by atoms with Crippen molar-refractivity contribution in [2.24, 2.45) is 11.7 Å². The van der Waals surface area contributed by atoms with Crippen LogP contribution in [0.3, 0.4) is 0 Å². The second-order valence-corrected chi connectivity index (χ2v) is 8.92.